The Morgan fingerprint density at radius 2 is 0.447 bits per heavy atom. The Labute approximate surface area is 447 Å². The number of nitrogens with zero attached hydrogens (tertiary/aromatic N) is 4. The maximum absolute atomic E-state index is 2.41. The molecule has 0 aliphatic rings. The van der Waals surface area contributed by atoms with Crippen LogP contribution in [0.25, 0.3) is 32.7 Å². The van der Waals surface area contributed by atoms with Crippen molar-refractivity contribution < 1.29 is 0 Å². The van der Waals surface area contributed by atoms with Crippen molar-refractivity contribution in [2.45, 2.75) is 27.7 Å². The van der Waals surface area contributed by atoms with Crippen molar-refractivity contribution in [3.05, 3.63) is 301 Å². The molecule has 12 rings (SSSR count). The molecular formula is C72H58N4. The van der Waals surface area contributed by atoms with Crippen molar-refractivity contribution in [2.75, 3.05) is 19.6 Å². The van der Waals surface area contributed by atoms with Crippen LogP contribution < -0.4 is 19.6 Å². The lowest BCUT2D eigenvalue weighted by Gasteiger charge is -2.32. The summed E-state index contributed by atoms with van der Waals surface area (Å²) in [4.78, 5) is 9.59. The zero-order chi connectivity index (χ0) is 51.5. The van der Waals surface area contributed by atoms with Crippen LogP contribution in [0.5, 0.6) is 0 Å². The Bertz CT molecular complexity index is 3700. The lowest BCUT2D eigenvalue weighted by molar-refractivity contribution is 1.20. The number of fused-ring (bicyclic) bond motifs is 2. The second-order valence-corrected chi connectivity index (χ2v) is 19.6. The summed E-state index contributed by atoms with van der Waals surface area (Å²) < 4.78 is 0. The highest BCUT2D eigenvalue weighted by atomic mass is 15.2. The normalized spacial score (nSPS) is 11.2. The van der Waals surface area contributed by atoms with E-state index in [-0.39, 0.29) is 0 Å². The lowest BCUT2D eigenvalue weighted by atomic mass is 10.0. The minimum absolute atomic E-state index is 1.09. The minimum Gasteiger partial charge on any atom is -0.310 e. The van der Waals surface area contributed by atoms with Crippen LogP contribution in [0.1, 0.15) is 22.3 Å². The molecule has 0 heterocycles. The molecule has 0 aromatic heterocycles. The van der Waals surface area contributed by atoms with E-state index in [1.54, 1.807) is 0 Å². The van der Waals surface area contributed by atoms with E-state index in [0.717, 1.165) is 79.4 Å². The van der Waals surface area contributed by atoms with Crippen molar-refractivity contribution in [3.8, 4) is 11.1 Å². The van der Waals surface area contributed by atoms with Gasteiger partial charge in [-0.15, -0.1) is 0 Å². The summed E-state index contributed by atoms with van der Waals surface area (Å²) in [6, 6.07) is 101. The van der Waals surface area contributed by atoms with Crippen LogP contribution in [-0.4, -0.2) is 0 Å². The molecule has 12 aromatic carbocycles. The highest BCUT2D eigenvalue weighted by molar-refractivity contribution is 6.01. The number of hydrogen-bond acceptors (Lipinski definition) is 4. The molecule has 0 bridgehead atoms. The number of hydrogen-bond donors (Lipinski definition) is 0. The molecule has 0 saturated carbocycles. The quantitative estimate of drug-likeness (QED) is 0.114. The van der Waals surface area contributed by atoms with Gasteiger partial charge < -0.3 is 19.6 Å². The predicted molar refractivity (Wildman–Crippen MR) is 325 cm³/mol. The third-order valence-electron chi connectivity index (χ3n) is 14.6. The van der Waals surface area contributed by atoms with Crippen molar-refractivity contribution in [2.24, 2.45) is 0 Å². The SMILES string of the molecule is Cc1cc(N(c2ccccc2)c2cccc3ccccc23)c(C)cc1N(c1ccccc1)c1ccc(-c2ccc(N(c3ccccc3)c3cc(C)c(N(c4ccccc4)c4cccc5ccccc45)cc3C)cc2)cc1. The Balaban J connectivity index is 0.881. The van der Waals surface area contributed by atoms with E-state index in [4.69, 9.17) is 0 Å². The predicted octanol–water partition coefficient (Wildman–Crippen LogP) is 20.8. The molecule has 366 valence electrons. The second kappa shape index (κ2) is 20.7. The van der Waals surface area contributed by atoms with E-state index in [1.807, 2.05) is 0 Å². The van der Waals surface area contributed by atoms with Crippen LogP contribution in [0.15, 0.2) is 279 Å². The van der Waals surface area contributed by atoms with Crippen molar-refractivity contribution in [1.82, 2.24) is 0 Å². The summed E-state index contributed by atoms with van der Waals surface area (Å²) >= 11 is 0. The van der Waals surface area contributed by atoms with E-state index in [1.165, 1.54) is 43.8 Å². The van der Waals surface area contributed by atoms with Crippen molar-refractivity contribution in [3.63, 3.8) is 0 Å². The van der Waals surface area contributed by atoms with Crippen LogP contribution in [0, 0.1) is 27.7 Å². The number of para-hydroxylation sites is 4. The van der Waals surface area contributed by atoms with Crippen LogP contribution in [0.2, 0.25) is 0 Å². The summed E-state index contributed by atoms with van der Waals surface area (Å²) in [6.45, 7) is 8.94. The molecular weight excluding hydrogens is 921 g/mol. The molecule has 0 amide bonds. The molecule has 0 spiro atoms. The maximum atomic E-state index is 2.41. The van der Waals surface area contributed by atoms with Gasteiger partial charge in [0.25, 0.3) is 0 Å². The zero-order valence-electron chi connectivity index (χ0n) is 43.3. The van der Waals surface area contributed by atoms with E-state index in [9.17, 15) is 0 Å². The zero-order valence-corrected chi connectivity index (χ0v) is 43.3. The summed E-state index contributed by atoms with van der Waals surface area (Å²) in [5.74, 6) is 0. The van der Waals surface area contributed by atoms with Gasteiger partial charge in [0.15, 0.2) is 0 Å². The van der Waals surface area contributed by atoms with Gasteiger partial charge >= 0.3 is 0 Å². The standard InChI is InChI=1S/C72H58N4/c1-51-49-71(75(61-31-13-7-14-32-61)67-37-21-25-57-23-17-19-35-65(57)67)53(3)47-69(51)73(59-27-9-5-10-28-59)63-43-39-55(40-44-63)56-41-45-64(46-42-56)74(60-29-11-6-12-30-60)70-48-54(4)72(50-52(70)2)76(62-33-15-8-16-34-62)68-38-22-26-58-24-18-20-36-66(58)68/h5-50H,1-4H3. The Morgan fingerprint density at radius 3 is 0.776 bits per heavy atom. The number of rotatable bonds is 13. The number of anilines is 12. The fourth-order valence-corrected chi connectivity index (χ4v) is 10.9. The molecule has 4 nitrogen and oxygen atoms in total. The Morgan fingerprint density at radius 1 is 0.197 bits per heavy atom. The van der Waals surface area contributed by atoms with Gasteiger partial charge in [0.05, 0.1) is 11.4 Å². The molecule has 0 fully saturated rings. The summed E-state index contributed by atoms with van der Waals surface area (Å²) in [7, 11) is 0. The third-order valence-corrected chi connectivity index (χ3v) is 14.6. The van der Waals surface area contributed by atoms with E-state index in [0.29, 0.717) is 0 Å². The molecule has 0 aliphatic carbocycles. The topological polar surface area (TPSA) is 13.0 Å². The van der Waals surface area contributed by atoms with Gasteiger partial charge in [-0.1, -0.05) is 170 Å². The van der Waals surface area contributed by atoms with Gasteiger partial charge in [-0.3, -0.25) is 0 Å². The van der Waals surface area contributed by atoms with Crippen LogP contribution in [0.4, 0.5) is 68.2 Å². The molecule has 0 atom stereocenters. The van der Waals surface area contributed by atoms with Crippen molar-refractivity contribution >= 4 is 89.8 Å². The molecule has 4 heteroatoms. The fourth-order valence-electron chi connectivity index (χ4n) is 10.9. The summed E-state index contributed by atoms with van der Waals surface area (Å²) in [5.41, 5.74) is 20.5. The van der Waals surface area contributed by atoms with Crippen LogP contribution in [-0.2, 0) is 0 Å². The first-order valence-corrected chi connectivity index (χ1v) is 26.2. The fraction of sp³-hybridized carbons (Fsp3) is 0.0556. The van der Waals surface area contributed by atoms with Gasteiger partial charge in [-0.2, -0.15) is 0 Å². The van der Waals surface area contributed by atoms with Gasteiger partial charge in [0.1, 0.15) is 0 Å². The number of benzene rings is 12. The highest BCUT2D eigenvalue weighted by Gasteiger charge is 2.24. The third kappa shape index (κ3) is 9.12. The van der Waals surface area contributed by atoms with Gasteiger partial charge in [-0.05, 0) is 181 Å². The van der Waals surface area contributed by atoms with E-state index in [2.05, 4.69) is 326 Å². The Kier molecular flexibility index (Phi) is 12.9. The molecule has 0 saturated heterocycles. The second-order valence-electron chi connectivity index (χ2n) is 19.6. The molecule has 0 N–H and O–H groups in total. The minimum atomic E-state index is 1.09. The summed E-state index contributed by atoms with van der Waals surface area (Å²) in [6.07, 6.45) is 0. The molecule has 0 radical (unpaired) electrons. The van der Waals surface area contributed by atoms with Crippen molar-refractivity contribution in [1.29, 1.82) is 0 Å². The monoisotopic (exact) mass is 978 g/mol. The molecule has 0 aliphatic heterocycles. The molecule has 76 heavy (non-hydrogen) atoms. The van der Waals surface area contributed by atoms with Crippen LogP contribution >= 0.6 is 0 Å². The molecule has 12 aromatic rings. The van der Waals surface area contributed by atoms with E-state index < -0.39 is 0 Å². The Hall–Kier alpha value is -9.64. The van der Waals surface area contributed by atoms with Gasteiger partial charge in [0.2, 0.25) is 0 Å². The molecule has 0 unspecified atom stereocenters. The lowest BCUT2D eigenvalue weighted by Crippen LogP contribution is -2.15. The van der Waals surface area contributed by atoms with Gasteiger partial charge in [-0.25, -0.2) is 0 Å². The summed E-state index contributed by atoms with van der Waals surface area (Å²) in [5, 5.41) is 4.85. The average molecular weight is 979 g/mol. The first-order valence-electron chi connectivity index (χ1n) is 26.2. The largest absolute Gasteiger partial charge is 0.310 e. The first-order chi connectivity index (χ1) is 37.4. The maximum Gasteiger partial charge on any atom is 0.0540 e. The van der Waals surface area contributed by atoms with Gasteiger partial charge in [0, 0.05) is 67.6 Å². The highest BCUT2D eigenvalue weighted by Crippen LogP contribution is 2.47. The van der Waals surface area contributed by atoms with Crippen LogP contribution in [0.3, 0.4) is 0 Å². The number of aryl methyl sites for hydroxylation is 4. The first kappa shape index (κ1) is 47.4. The average Bonchev–Trinajstić information content (AvgIpc) is 3.51. The van der Waals surface area contributed by atoms with E-state index >= 15 is 0 Å². The smallest absolute Gasteiger partial charge is 0.0540 e.